The van der Waals surface area contributed by atoms with Crippen LogP contribution in [0.3, 0.4) is 0 Å². The second-order valence-electron chi connectivity index (χ2n) is 19.3. The summed E-state index contributed by atoms with van der Waals surface area (Å²) >= 11 is -2.53. The molecule has 276 valence electrons. The van der Waals surface area contributed by atoms with Crippen LogP contribution in [0.25, 0.3) is 34.4 Å². The summed E-state index contributed by atoms with van der Waals surface area (Å²) in [5, 5.41) is 0. The van der Waals surface area contributed by atoms with Crippen LogP contribution in [-0.4, -0.2) is 3.26 Å². The molecule has 0 aliphatic heterocycles. The van der Waals surface area contributed by atoms with E-state index in [9.17, 15) is 0 Å². The molecule has 0 bridgehead atoms. The van der Waals surface area contributed by atoms with Crippen LogP contribution in [0, 0.1) is 0 Å². The Morgan fingerprint density at radius 1 is 0.462 bits per heavy atom. The van der Waals surface area contributed by atoms with Crippen molar-refractivity contribution in [3.05, 3.63) is 129 Å². The van der Waals surface area contributed by atoms with E-state index in [1.807, 2.05) is 0 Å². The molecule has 0 heterocycles. The van der Waals surface area contributed by atoms with Gasteiger partial charge in [-0.3, -0.25) is 0 Å². The Labute approximate surface area is 336 Å². The predicted molar refractivity (Wildman–Crippen MR) is 233 cm³/mol. The van der Waals surface area contributed by atoms with Gasteiger partial charge in [-0.05, 0) is 0 Å². The Bertz CT molecular complexity index is 1850. The number of halogens is 2. The van der Waals surface area contributed by atoms with Gasteiger partial charge in [-0.15, -0.1) is 24.8 Å². The third kappa shape index (κ3) is 8.33. The smallest absolute Gasteiger partial charge is 0.147 e. The van der Waals surface area contributed by atoms with Crippen molar-refractivity contribution in [3.8, 4) is 22.3 Å². The van der Waals surface area contributed by atoms with Crippen molar-refractivity contribution >= 4 is 40.2 Å². The molecule has 2 aliphatic carbocycles. The summed E-state index contributed by atoms with van der Waals surface area (Å²) < 4.78 is 2.77. The summed E-state index contributed by atoms with van der Waals surface area (Å²) in [6.45, 7) is 33.0. The molecule has 6 rings (SSSR count). The zero-order valence-corrected chi connectivity index (χ0v) is 39.4. The minimum atomic E-state index is -2.53. The van der Waals surface area contributed by atoms with Crippen LogP contribution >= 0.6 is 24.8 Å². The average Bonchev–Trinajstić information content (AvgIpc) is 3.64. The Morgan fingerprint density at radius 3 is 1.04 bits per heavy atom. The normalized spacial score (nSPS) is 16.6. The van der Waals surface area contributed by atoms with E-state index < -0.39 is 21.0 Å². The Morgan fingerprint density at radius 2 is 0.769 bits per heavy atom. The fraction of sp³-hybridized carbons (Fsp3) is 0.408. The van der Waals surface area contributed by atoms with E-state index in [2.05, 4.69) is 194 Å². The van der Waals surface area contributed by atoms with E-state index in [0.29, 0.717) is 7.35 Å². The molecule has 2 aliphatic rings. The average molecular weight is 900 g/mol. The van der Waals surface area contributed by atoms with E-state index >= 15 is 0 Å². The largest absolute Gasteiger partial charge is 0.147 e. The van der Waals surface area contributed by atoms with Gasteiger partial charge in [0.25, 0.3) is 0 Å². The van der Waals surface area contributed by atoms with Crippen LogP contribution < -0.4 is 0 Å². The molecule has 0 radical (unpaired) electrons. The molecule has 0 N–H and O–H groups in total. The van der Waals surface area contributed by atoms with Crippen LogP contribution in [-0.2, 0) is 42.6 Å². The molecule has 2 atom stereocenters. The Balaban J connectivity index is 0.00000302. The van der Waals surface area contributed by atoms with Crippen molar-refractivity contribution in [1.29, 1.82) is 0 Å². The molecule has 4 aromatic rings. The molecule has 0 aromatic heterocycles. The first-order valence-corrected chi connectivity index (χ1v) is 24.7. The van der Waals surface area contributed by atoms with Crippen LogP contribution in [0.1, 0.15) is 149 Å². The fourth-order valence-electron chi connectivity index (χ4n) is 7.83. The van der Waals surface area contributed by atoms with E-state index in [1.54, 1.807) is 14.4 Å². The molecule has 0 spiro atoms. The summed E-state index contributed by atoms with van der Waals surface area (Å²) in [6.07, 6.45) is 10.1. The van der Waals surface area contributed by atoms with E-state index in [1.165, 1.54) is 55.6 Å². The predicted octanol–water partition coefficient (Wildman–Crippen LogP) is 14.7. The van der Waals surface area contributed by atoms with Crippen molar-refractivity contribution in [3.63, 3.8) is 0 Å². The van der Waals surface area contributed by atoms with Crippen molar-refractivity contribution in [2.24, 2.45) is 0 Å². The minimum Gasteiger partial charge on any atom is -0.147 e. The van der Waals surface area contributed by atoms with Gasteiger partial charge in [0.2, 0.25) is 0 Å². The molecule has 0 nitrogen and oxygen atoms in total. The monoisotopic (exact) mass is 900 g/mol. The molecule has 52 heavy (non-hydrogen) atoms. The number of allylic oxidation sites excluding steroid dienone is 2. The van der Waals surface area contributed by atoms with Crippen molar-refractivity contribution < 1.29 is 21.0 Å². The van der Waals surface area contributed by atoms with Crippen molar-refractivity contribution in [2.75, 3.05) is 0 Å². The van der Waals surface area contributed by atoms with Gasteiger partial charge in [0.1, 0.15) is 0 Å². The van der Waals surface area contributed by atoms with E-state index in [0.717, 1.165) is 0 Å². The van der Waals surface area contributed by atoms with Gasteiger partial charge >= 0.3 is 314 Å². The first-order chi connectivity index (χ1) is 23.1. The molecule has 3 heteroatoms. The number of rotatable bonds is 4. The topological polar surface area (TPSA) is 0 Å². The van der Waals surface area contributed by atoms with Crippen LogP contribution in [0.4, 0.5) is 0 Å². The van der Waals surface area contributed by atoms with Gasteiger partial charge in [0.05, 0.1) is 0 Å². The molecular weight excluding hydrogens is 838 g/mol. The molecule has 4 aromatic carbocycles. The molecule has 0 saturated heterocycles. The quantitative estimate of drug-likeness (QED) is 0.179. The zero-order chi connectivity index (χ0) is 36.6. The Hall–Kier alpha value is -2.32. The number of fused-ring (bicyclic) bond motifs is 2. The maximum absolute atomic E-state index is 2.60. The third-order valence-electron chi connectivity index (χ3n) is 11.1. The van der Waals surface area contributed by atoms with Gasteiger partial charge < -0.3 is 0 Å². The number of hydrogen-bond donors (Lipinski definition) is 0. The van der Waals surface area contributed by atoms with E-state index in [-0.39, 0.29) is 46.5 Å². The van der Waals surface area contributed by atoms with Crippen LogP contribution in [0.15, 0.2) is 84.9 Å². The Kier molecular flexibility index (Phi) is 12.3. The van der Waals surface area contributed by atoms with Gasteiger partial charge in [-0.25, -0.2) is 0 Å². The van der Waals surface area contributed by atoms with Crippen LogP contribution in [0.2, 0.25) is 0 Å². The standard InChI is InChI=1S/2C23H27.C3H6.2ClH.Hf/c2*1-22(2,3)18-13-17(14-19(15-18)23(4,5)6)21-12-8-10-16-9-7-11-20(16)21;1-3-2;;;/h2*7-15H,1-6H3;1-2H3;2*1H;. The van der Waals surface area contributed by atoms with Crippen molar-refractivity contribution in [1.82, 2.24) is 0 Å². The van der Waals surface area contributed by atoms with Gasteiger partial charge in [-0.2, -0.15) is 0 Å². The SMILES string of the molecule is C[C](C)=[Hf]([CH]1C=Cc2c(-c3cc(C(C)(C)C)cc(C(C)(C)C)c3)cccc21)[CH]1C=Cc2c(-c3cc(C(C)(C)C)cc(C(C)(C)C)c3)cccc21.Cl.Cl. The summed E-state index contributed by atoms with van der Waals surface area (Å²) in [6, 6.07) is 29.0. The van der Waals surface area contributed by atoms with Gasteiger partial charge in [0, 0.05) is 0 Å². The van der Waals surface area contributed by atoms with E-state index in [4.69, 9.17) is 0 Å². The summed E-state index contributed by atoms with van der Waals surface area (Å²) in [7, 11) is 0. The maximum Gasteiger partial charge on any atom is -0.147 e. The van der Waals surface area contributed by atoms with Crippen LogP contribution in [0.5, 0.6) is 0 Å². The molecule has 0 fully saturated rings. The molecule has 0 amide bonds. The van der Waals surface area contributed by atoms with Gasteiger partial charge in [-0.1, -0.05) is 0 Å². The first-order valence-electron chi connectivity index (χ1n) is 18.8. The first kappa shape index (κ1) is 42.4. The second-order valence-corrected chi connectivity index (χ2v) is 30.7. The summed E-state index contributed by atoms with van der Waals surface area (Å²) in [4.78, 5) is 0. The fourth-order valence-corrected chi connectivity index (χ4v) is 20.1. The molecular formula is C49H62Cl2Hf. The van der Waals surface area contributed by atoms with Gasteiger partial charge in [0.15, 0.2) is 0 Å². The molecule has 0 saturated carbocycles. The summed E-state index contributed by atoms with van der Waals surface area (Å²) in [5.41, 5.74) is 17.5. The van der Waals surface area contributed by atoms with Crippen molar-refractivity contribution in [2.45, 2.75) is 126 Å². The molecule has 2 unspecified atom stereocenters. The summed E-state index contributed by atoms with van der Waals surface area (Å²) in [5.74, 6) is 0. The zero-order valence-electron chi connectivity index (χ0n) is 34.2. The maximum atomic E-state index is 2.60. The second kappa shape index (κ2) is 15.1. The third-order valence-corrected chi connectivity index (χ3v) is 23.6. The number of hydrogen-bond acceptors (Lipinski definition) is 0. The minimum absolute atomic E-state index is 0. The number of benzene rings is 4.